The monoisotopic (exact) mass is 338 g/mol. The van der Waals surface area contributed by atoms with Gasteiger partial charge >= 0.3 is 0 Å². The molecule has 3 aromatic carbocycles. The molecule has 0 spiro atoms. The van der Waals surface area contributed by atoms with Gasteiger partial charge in [0, 0.05) is 6.54 Å². The average Bonchev–Trinajstić information content (AvgIpc) is 3.01. The van der Waals surface area contributed by atoms with Crippen molar-refractivity contribution < 1.29 is 0 Å². The zero-order valence-corrected chi connectivity index (χ0v) is 15.2. The van der Waals surface area contributed by atoms with E-state index in [1.807, 2.05) is 12.1 Å². The Morgan fingerprint density at radius 2 is 1.62 bits per heavy atom. The summed E-state index contributed by atoms with van der Waals surface area (Å²) >= 11 is 0. The minimum Gasteiger partial charge on any atom is -0.320 e. The number of benzene rings is 3. The molecule has 0 bridgehead atoms. The molecule has 26 heavy (non-hydrogen) atoms. The van der Waals surface area contributed by atoms with Crippen LogP contribution >= 0.6 is 0 Å². The summed E-state index contributed by atoms with van der Waals surface area (Å²) in [4.78, 5) is 4.85. The van der Waals surface area contributed by atoms with Gasteiger partial charge in [-0.05, 0) is 48.7 Å². The van der Waals surface area contributed by atoms with E-state index in [2.05, 4.69) is 91.2 Å². The predicted octanol–water partition coefficient (Wildman–Crippen LogP) is 5.87. The van der Waals surface area contributed by atoms with Gasteiger partial charge in [-0.15, -0.1) is 0 Å². The fourth-order valence-electron chi connectivity index (χ4n) is 3.26. The molecule has 1 aromatic heterocycles. The lowest BCUT2D eigenvalue weighted by atomic mass is 10.1. The molecular weight excluding hydrogens is 316 g/mol. The third-order valence-corrected chi connectivity index (χ3v) is 4.74. The van der Waals surface area contributed by atoms with E-state index < -0.39 is 0 Å². The molecule has 0 fully saturated rings. The Bertz CT molecular complexity index is 1070. The maximum absolute atomic E-state index is 4.85. The van der Waals surface area contributed by atoms with E-state index in [0.717, 1.165) is 17.9 Å². The Hall–Kier alpha value is -3.13. The number of aromatic nitrogens is 2. The van der Waals surface area contributed by atoms with Crippen LogP contribution in [0.2, 0.25) is 0 Å². The second-order valence-corrected chi connectivity index (χ2v) is 6.72. The van der Waals surface area contributed by atoms with Gasteiger partial charge < -0.3 is 4.57 Å². The Labute approximate surface area is 154 Å². The Balaban J connectivity index is 1.79. The molecule has 2 nitrogen and oxygen atoms in total. The first-order chi connectivity index (χ1) is 12.7. The minimum atomic E-state index is 0.822. The zero-order valence-electron chi connectivity index (χ0n) is 15.2. The van der Waals surface area contributed by atoms with Gasteiger partial charge in [-0.1, -0.05) is 72.3 Å². The Morgan fingerprint density at radius 3 is 2.46 bits per heavy atom. The molecule has 0 aliphatic heterocycles. The summed E-state index contributed by atoms with van der Waals surface area (Å²) in [6.07, 6.45) is 4.24. The Morgan fingerprint density at radius 1 is 0.846 bits per heavy atom. The molecule has 2 heteroatoms. The van der Waals surface area contributed by atoms with E-state index in [1.165, 1.54) is 27.8 Å². The molecule has 0 aliphatic carbocycles. The molecule has 4 aromatic rings. The van der Waals surface area contributed by atoms with Crippen molar-refractivity contribution in [2.45, 2.75) is 20.4 Å². The second kappa shape index (κ2) is 7.01. The lowest BCUT2D eigenvalue weighted by molar-refractivity contribution is 0.807. The molecule has 128 valence electrons. The van der Waals surface area contributed by atoms with E-state index in [1.54, 1.807) is 0 Å². The van der Waals surface area contributed by atoms with Gasteiger partial charge in [-0.25, -0.2) is 4.98 Å². The van der Waals surface area contributed by atoms with Gasteiger partial charge in [0.15, 0.2) is 0 Å². The molecule has 0 amide bonds. The SMILES string of the molecule is Cc1ccc(C)c(Cn2c(/C=C/c3ccccc3)nc3ccccc32)c1. The lowest BCUT2D eigenvalue weighted by Gasteiger charge is -2.11. The van der Waals surface area contributed by atoms with Crippen molar-refractivity contribution in [3.8, 4) is 0 Å². The van der Waals surface area contributed by atoms with E-state index in [0.29, 0.717) is 0 Å². The largest absolute Gasteiger partial charge is 0.320 e. The molecule has 0 unspecified atom stereocenters. The fourth-order valence-corrected chi connectivity index (χ4v) is 3.26. The van der Waals surface area contributed by atoms with Crippen molar-refractivity contribution in [1.29, 1.82) is 0 Å². The molecule has 0 N–H and O–H groups in total. The number of hydrogen-bond acceptors (Lipinski definition) is 1. The summed E-state index contributed by atoms with van der Waals surface area (Å²) in [6, 6.07) is 25.3. The molecule has 0 saturated carbocycles. The summed E-state index contributed by atoms with van der Waals surface area (Å²) in [6.45, 7) is 5.14. The van der Waals surface area contributed by atoms with Crippen molar-refractivity contribution in [3.63, 3.8) is 0 Å². The summed E-state index contributed by atoms with van der Waals surface area (Å²) < 4.78 is 2.30. The highest BCUT2D eigenvalue weighted by Crippen LogP contribution is 2.21. The topological polar surface area (TPSA) is 17.8 Å². The number of nitrogens with zero attached hydrogens (tertiary/aromatic N) is 2. The number of hydrogen-bond donors (Lipinski definition) is 0. The van der Waals surface area contributed by atoms with Crippen LogP contribution in [0.25, 0.3) is 23.2 Å². The summed E-state index contributed by atoms with van der Waals surface area (Å²) in [7, 11) is 0. The predicted molar refractivity (Wildman–Crippen MR) is 110 cm³/mol. The van der Waals surface area contributed by atoms with Crippen LogP contribution in [0, 0.1) is 13.8 Å². The molecule has 0 aliphatic rings. The van der Waals surface area contributed by atoms with Crippen molar-refractivity contribution in [2.75, 3.05) is 0 Å². The second-order valence-electron chi connectivity index (χ2n) is 6.72. The average molecular weight is 338 g/mol. The van der Waals surface area contributed by atoms with Gasteiger partial charge in [0.2, 0.25) is 0 Å². The van der Waals surface area contributed by atoms with Crippen LogP contribution in [0.3, 0.4) is 0 Å². The highest BCUT2D eigenvalue weighted by atomic mass is 15.1. The number of fused-ring (bicyclic) bond motifs is 1. The summed E-state index contributed by atoms with van der Waals surface area (Å²) in [5.74, 6) is 0.982. The van der Waals surface area contributed by atoms with Gasteiger partial charge in [-0.3, -0.25) is 0 Å². The molecule has 1 heterocycles. The van der Waals surface area contributed by atoms with Crippen molar-refractivity contribution in [2.24, 2.45) is 0 Å². The quantitative estimate of drug-likeness (QED) is 0.455. The van der Waals surface area contributed by atoms with Crippen LogP contribution in [0.5, 0.6) is 0 Å². The lowest BCUT2D eigenvalue weighted by Crippen LogP contribution is -2.04. The number of aryl methyl sites for hydroxylation is 2. The van der Waals surface area contributed by atoms with E-state index >= 15 is 0 Å². The first-order valence-corrected chi connectivity index (χ1v) is 8.95. The third-order valence-electron chi connectivity index (χ3n) is 4.74. The van der Waals surface area contributed by atoms with Crippen LogP contribution in [0.4, 0.5) is 0 Å². The van der Waals surface area contributed by atoms with Gasteiger partial charge in [0.05, 0.1) is 11.0 Å². The first-order valence-electron chi connectivity index (χ1n) is 8.95. The van der Waals surface area contributed by atoms with Gasteiger partial charge in [-0.2, -0.15) is 0 Å². The summed E-state index contributed by atoms with van der Waals surface area (Å²) in [5.41, 5.74) is 7.31. The van der Waals surface area contributed by atoms with Crippen molar-refractivity contribution in [1.82, 2.24) is 9.55 Å². The van der Waals surface area contributed by atoms with Gasteiger partial charge in [0.1, 0.15) is 5.82 Å². The van der Waals surface area contributed by atoms with E-state index in [9.17, 15) is 0 Å². The van der Waals surface area contributed by atoms with Crippen LogP contribution in [-0.4, -0.2) is 9.55 Å². The van der Waals surface area contributed by atoms with Crippen LogP contribution in [0.1, 0.15) is 28.1 Å². The number of rotatable bonds is 4. The molecular formula is C24H22N2. The normalized spacial score (nSPS) is 11.5. The summed E-state index contributed by atoms with van der Waals surface area (Å²) in [5, 5.41) is 0. The third kappa shape index (κ3) is 3.31. The van der Waals surface area contributed by atoms with E-state index in [-0.39, 0.29) is 0 Å². The van der Waals surface area contributed by atoms with Crippen LogP contribution in [-0.2, 0) is 6.54 Å². The number of para-hydroxylation sites is 2. The number of imidazole rings is 1. The van der Waals surface area contributed by atoms with E-state index in [4.69, 9.17) is 4.98 Å². The standard InChI is InChI=1S/C24H22N2/c1-18-12-13-19(2)21(16-18)17-26-23-11-7-6-10-22(23)25-24(26)15-14-20-8-4-3-5-9-20/h3-16H,17H2,1-2H3/b15-14+. The van der Waals surface area contributed by atoms with Crippen molar-refractivity contribution >= 4 is 23.2 Å². The maximum atomic E-state index is 4.85. The minimum absolute atomic E-state index is 0.822. The Kier molecular flexibility index (Phi) is 4.40. The molecule has 0 saturated heterocycles. The van der Waals surface area contributed by atoms with Crippen molar-refractivity contribution in [3.05, 3.63) is 101 Å². The molecule has 0 atom stereocenters. The zero-order chi connectivity index (χ0) is 17.9. The van der Waals surface area contributed by atoms with Gasteiger partial charge in [0.25, 0.3) is 0 Å². The smallest absolute Gasteiger partial charge is 0.134 e. The molecule has 4 rings (SSSR count). The molecule has 0 radical (unpaired) electrons. The van der Waals surface area contributed by atoms with Crippen LogP contribution in [0.15, 0.2) is 72.8 Å². The highest BCUT2D eigenvalue weighted by molar-refractivity contribution is 5.80. The highest BCUT2D eigenvalue weighted by Gasteiger charge is 2.10. The fraction of sp³-hybridized carbons (Fsp3) is 0.125. The first kappa shape index (κ1) is 16.3. The maximum Gasteiger partial charge on any atom is 0.134 e. The van der Waals surface area contributed by atoms with Crippen LogP contribution < -0.4 is 0 Å².